The number of nitrogens with two attached hydrogens (primary N) is 1. The molecule has 11 nitrogen and oxygen atoms in total. The fraction of sp³-hybridized carbons (Fsp3) is 0.571. The zero-order valence-electron chi connectivity index (χ0n) is 13.4. The van der Waals surface area contributed by atoms with Gasteiger partial charge in [-0.05, 0) is 13.3 Å². The van der Waals surface area contributed by atoms with Gasteiger partial charge in [-0.25, -0.2) is 4.79 Å². The quantitative estimate of drug-likeness (QED) is 0.260. The topological polar surface area (TPSA) is 184 Å². The molecule has 1 saturated heterocycles. The van der Waals surface area contributed by atoms with E-state index in [1.807, 2.05) is 0 Å². The Morgan fingerprint density at radius 2 is 1.88 bits per heavy atom. The summed E-state index contributed by atoms with van der Waals surface area (Å²) in [5.41, 5.74) is 5.14. The van der Waals surface area contributed by atoms with E-state index in [2.05, 4.69) is 5.32 Å². The number of rotatable bonds is 9. The number of ketones is 1. The molecular weight excluding hydrogens is 338 g/mol. The van der Waals surface area contributed by atoms with Gasteiger partial charge in [-0.15, -0.1) is 0 Å². The van der Waals surface area contributed by atoms with E-state index < -0.39 is 72.8 Å². The molecule has 0 aromatic rings. The number of hydrogen-bond acceptors (Lipinski definition) is 7. The summed E-state index contributed by atoms with van der Waals surface area (Å²) in [6.07, 6.45) is -1.27. The van der Waals surface area contributed by atoms with Crippen molar-refractivity contribution in [3.8, 4) is 0 Å². The van der Waals surface area contributed by atoms with E-state index in [1.54, 1.807) is 0 Å². The molecular formula is C14H19N3O8. The maximum atomic E-state index is 12.5. The van der Waals surface area contributed by atoms with Crippen LogP contribution in [-0.2, 0) is 28.8 Å². The maximum Gasteiger partial charge on any atom is 0.326 e. The molecule has 25 heavy (non-hydrogen) atoms. The van der Waals surface area contributed by atoms with Crippen molar-refractivity contribution >= 4 is 35.4 Å². The van der Waals surface area contributed by atoms with Crippen molar-refractivity contribution in [3.63, 3.8) is 0 Å². The second-order valence-corrected chi connectivity index (χ2v) is 5.53. The van der Waals surface area contributed by atoms with Crippen LogP contribution in [0.5, 0.6) is 0 Å². The number of likely N-dealkylation sites (tertiary alicyclic amines) is 1. The highest BCUT2D eigenvalue weighted by Crippen LogP contribution is 2.25. The standard InChI is InChI=1S/C14H19N3O8/c1-6(14(24)25)17-10(19)4-7(13(17)23)12(22)8(2-3-11(20)21)16-9(18)5-15/h6-8H,2-5,15H2,1H3,(H,16,18)(H,20,21)(H,24,25)/t6-,7+,8-/m0/s1. The number of amides is 3. The molecule has 5 N–H and O–H groups in total. The summed E-state index contributed by atoms with van der Waals surface area (Å²) in [5, 5.41) is 19.9. The summed E-state index contributed by atoms with van der Waals surface area (Å²) in [4.78, 5) is 70.3. The predicted octanol–water partition coefficient (Wildman–Crippen LogP) is -2.29. The molecule has 0 unspecified atom stereocenters. The third-order valence-electron chi connectivity index (χ3n) is 3.78. The van der Waals surface area contributed by atoms with E-state index in [0.717, 1.165) is 6.92 Å². The molecule has 3 amide bonds. The summed E-state index contributed by atoms with van der Waals surface area (Å²) < 4.78 is 0. The average Bonchev–Trinajstić information content (AvgIpc) is 2.84. The largest absolute Gasteiger partial charge is 0.481 e. The minimum Gasteiger partial charge on any atom is -0.481 e. The SMILES string of the molecule is C[C@@H](C(=O)O)N1C(=O)C[C@H](C(=O)[C@H](CCC(=O)O)NC(=O)CN)C1=O. The zero-order valence-corrected chi connectivity index (χ0v) is 13.4. The molecule has 0 saturated carbocycles. The van der Waals surface area contributed by atoms with Crippen LogP contribution >= 0.6 is 0 Å². The van der Waals surface area contributed by atoms with Crippen LogP contribution in [0.25, 0.3) is 0 Å². The number of imide groups is 1. The second-order valence-electron chi connectivity index (χ2n) is 5.53. The van der Waals surface area contributed by atoms with Crippen molar-refractivity contribution in [3.05, 3.63) is 0 Å². The summed E-state index contributed by atoms with van der Waals surface area (Å²) in [6.45, 7) is 0.680. The van der Waals surface area contributed by atoms with Gasteiger partial charge in [-0.2, -0.15) is 0 Å². The molecule has 11 heteroatoms. The van der Waals surface area contributed by atoms with Gasteiger partial charge in [-0.3, -0.25) is 28.9 Å². The van der Waals surface area contributed by atoms with Crippen LogP contribution in [0.4, 0.5) is 0 Å². The van der Waals surface area contributed by atoms with Crippen molar-refractivity contribution in [2.45, 2.75) is 38.3 Å². The highest BCUT2D eigenvalue weighted by atomic mass is 16.4. The summed E-state index contributed by atoms with van der Waals surface area (Å²) in [5.74, 6) is -7.46. The minimum atomic E-state index is -1.47. The third-order valence-corrected chi connectivity index (χ3v) is 3.78. The van der Waals surface area contributed by atoms with Crippen molar-refractivity contribution in [1.82, 2.24) is 10.2 Å². The first kappa shape index (κ1) is 20.2. The second kappa shape index (κ2) is 8.33. The van der Waals surface area contributed by atoms with Crippen LogP contribution in [-0.4, -0.2) is 69.2 Å². The van der Waals surface area contributed by atoms with Crippen molar-refractivity contribution < 1.29 is 39.0 Å². The van der Waals surface area contributed by atoms with Crippen LogP contribution in [0.1, 0.15) is 26.2 Å². The Bertz CT molecular complexity index is 617. The van der Waals surface area contributed by atoms with Crippen LogP contribution in [0.15, 0.2) is 0 Å². The number of carboxylic acid groups (broad SMARTS) is 2. The number of nitrogens with one attached hydrogen (secondary N) is 1. The van der Waals surface area contributed by atoms with E-state index in [0.29, 0.717) is 4.90 Å². The Morgan fingerprint density at radius 1 is 1.28 bits per heavy atom. The molecule has 1 aliphatic heterocycles. The van der Waals surface area contributed by atoms with Gasteiger partial charge < -0.3 is 21.3 Å². The van der Waals surface area contributed by atoms with Gasteiger partial charge in [0.2, 0.25) is 17.7 Å². The number of nitrogens with zero attached hydrogens (tertiary/aromatic N) is 1. The van der Waals surface area contributed by atoms with Gasteiger partial charge >= 0.3 is 11.9 Å². The van der Waals surface area contributed by atoms with Crippen molar-refractivity contribution in [2.75, 3.05) is 6.54 Å². The molecule has 1 aliphatic rings. The Kier molecular flexibility index (Phi) is 6.74. The molecule has 1 fully saturated rings. The fourth-order valence-corrected chi connectivity index (χ4v) is 2.44. The van der Waals surface area contributed by atoms with Crippen molar-refractivity contribution in [1.29, 1.82) is 0 Å². The number of carbonyl (C=O) groups is 6. The van der Waals surface area contributed by atoms with E-state index in [1.165, 1.54) is 0 Å². The van der Waals surface area contributed by atoms with Gasteiger partial charge in [0.1, 0.15) is 12.0 Å². The van der Waals surface area contributed by atoms with E-state index in [9.17, 15) is 28.8 Å². The lowest BCUT2D eigenvalue weighted by atomic mass is 9.93. The highest BCUT2D eigenvalue weighted by Gasteiger charge is 2.48. The van der Waals surface area contributed by atoms with Crippen LogP contribution in [0, 0.1) is 5.92 Å². The summed E-state index contributed by atoms with van der Waals surface area (Å²) >= 11 is 0. The lowest BCUT2D eigenvalue weighted by Crippen LogP contribution is -2.48. The minimum absolute atomic E-state index is 0.285. The van der Waals surface area contributed by atoms with E-state index in [4.69, 9.17) is 15.9 Å². The lowest BCUT2D eigenvalue weighted by molar-refractivity contribution is -0.154. The normalized spacial score (nSPS) is 19.4. The molecule has 0 bridgehead atoms. The number of carboxylic acids is 2. The van der Waals surface area contributed by atoms with Gasteiger partial charge in [0.25, 0.3) is 0 Å². The first-order valence-electron chi connectivity index (χ1n) is 7.43. The molecule has 0 radical (unpaired) electrons. The monoisotopic (exact) mass is 357 g/mol. The number of carbonyl (C=O) groups excluding carboxylic acids is 4. The van der Waals surface area contributed by atoms with E-state index in [-0.39, 0.29) is 6.42 Å². The molecule has 0 aliphatic carbocycles. The first-order chi connectivity index (χ1) is 11.6. The van der Waals surface area contributed by atoms with Crippen molar-refractivity contribution in [2.24, 2.45) is 11.7 Å². The Balaban J connectivity index is 2.97. The lowest BCUT2D eigenvalue weighted by Gasteiger charge is -2.21. The number of hydrogen-bond donors (Lipinski definition) is 4. The average molecular weight is 357 g/mol. The molecule has 0 spiro atoms. The predicted molar refractivity (Wildman–Crippen MR) is 79.9 cm³/mol. The Labute approximate surface area is 142 Å². The fourth-order valence-electron chi connectivity index (χ4n) is 2.44. The molecule has 0 aromatic heterocycles. The maximum absolute atomic E-state index is 12.5. The Hall–Kier alpha value is -2.82. The first-order valence-corrected chi connectivity index (χ1v) is 7.43. The molecule has 138 valence electrons. The van der Waals surface area contributed by atoms with Crippen LogP contribution in [0.2, 0.25) is 0 Å². The molecule has 0 aromatic carbocycles. The molecule has 3 atom stereocenters. The smallest absolute Gasteiger partial charge is 0.326 e. The van der Waals surface area contributed by atoms with Crippen LogP contribution in [0.3, 0.4) is 0 Å². The molecule has 1 rings (SSSR count). The van der Waals surface area contributed by atoms with Gasteiger partial charge in [-0.1, -0.05) is 0 Å². The number of Topliss-reactive ketones (excluding diaryl/α,β-unsaturated/α-hetero) is 1. The van der Waals surface area contributed by atoms with Gasteiger partial charge in [0, 0.05) is 12.8 Å². The van der Waals surface area contributed by atoms with Gasteiger partial charge in [0.05, 0.1) is 12.6 Å². The highest BCUT2D eigenvalue weighted by molar-refractivity contribution is 6.16. The third kappa shape index (κ3) is 4.83. The molecule has 1 heterocycles. The van der Waals surface area contributed by atoms with Crippen LogP contribution < -0.4 is 11.1 Å². The van der Waals surface area contributed by atoms with Gasteiger partial charge in [0.15, 0.2) is 5.78 Å². The Morgan fingerprint density at radius 3 is 2.36 bits per heavy atom. The zero-order chi connectivity index (χ0) is 19.3. The summed E-state index contributed by atoms with van der Waals surface area (Å²) in [6, 6.07) is -2.75. The summed E-state index contributed by atoms with van der Waals surface area (Å²) in [7, 11) is 0. The van der Waals surface area contributed by atoms with E-state index >= 15 is 0 Å². The number of aliphatic carboxylic acids is 2.